The number of hydrogen-bond donors (Lipinski definition) is 2. The second kappa shape index (κ2) is 11.0. The molecule has 39 heavy (non-hydrogen) atoms. The molecule has 0 saturated heterocycles. The normalized spacial score (nSPS) is 16.6. The number of rotatable bonds is 6. The zero-order chi connectivity index (χ0) is 26.8. The van der Waals surface area contributed by atoms with Crippen LogP contribution in [0.3, 0.4) is 0 Å². The van der Waals surface area contributed by atoms with Gasteiger partial charge in [0.25, 0.3) is 0 Å². The van der Waals surface area contributed by atoms with Gasteiger partial charge < -0.3 is 11.1 Å². The van der Waals surface area contributed by atoms with E-state index in [-0.39, 0.29) is 0 Å². The lowest BCUT2D eigenvalue weighted by Gasteiger charge is -2.35. The summed E-state index contributed by atoms with van der Waals surface area (Å²) in [6, 6.07) is 25.6. The fraction of sp³-hybridized carbons (Fsp3) is 0.219. The SMILES string of the molecule is CC.Nc1nccn2c(C3CC(NCc4cccs4)C3)nc(-c3ccc4ccc(-c5ccccc5)nc4c3)c12. The smallest absolute Gasteiger partial charge is 0.150 e. The summed E-state index contributed by atoms with van der Waals surface area (Å²) in [5.74, 6) is 1.93. The summed E-state index contributed by atoms with van der Waals surface area (Å²) in [6.07, 6.45) is 5.87. The van der Waals surface area contributed by atoms with E-state index in [2.05, 4.69) is 74.7 Å². The highest BCUT2D eigenvalue weighted by atomic mass is 32.1. The number of pyridine rings is 1. The van der Waals surface area contributed by atoms with Gasteiger partial charge >= 0.3 is 0 Å². The number of nitrogens with two attached hydrogens (primary N) is 1. The van der Waals surface area contributed by atoms with Crippen LogP contribution < -0.4 is 11.1 Å². The summed E-state index contributed by atoms with van der Waals surface area (Å²) in [5.41, 5.74) is 12.1. The van der Waals surface area contributed by atoms with Crippen LogP contribution in [0.15, 0.2) is 90.6 Å². The summed E-state index contributed by atoms with van der Waals surface area (Å²) in [4.78, 5) is 15.9. The zero-order valence-corrected chi connectivity index (χ0v) is 23.0. The van der Waals surface area contributed by atoms with E-state index in [1.54, 1.807) is 17.5 Å². The van der Waals surface area contributed by atoms with Gasteiger partial charge in [0, 0.05) is 52.3 Å². The van der Waals surface area contributed by atoms with Gasteiger partial charge in [-0.05, 0) is 36.4 Å². The maximum absolute atomic E-state index is 6.41. The molecule has 7 heteroatoms. The molecule has 1 aliphatic rings. The van der Waals surface area contributed by atoms with Crippen molar-refractivity contribution in [3.05, 3.63) is 101 Å². The van der Waals surface area contributed by atoms with E-state index < -0.39 is 0 Å². The molecule has 3 N–H and O–H groups in total. The molecule has 0 amide bonds. The number of benzene rings is 2. The first kappa shape index (κ1) is 25.2. The van der Waals surface area contributed by atoms with Crippen LogP contribution in [-0.4, -0.2) is 25.4 Å². The van der Waals surface area contributed by atoms with Gasteiger partial charge in [0.15, 0.2) is 0 Å². The number of fused-ring (bicyclic) bond motifs is 2. The molecule has 1 aliphatic carbocycles. The zero-order valence-electron chi connectivity index (χ0n) is 22.2. The number of nitrogens with one attached hydrogen (secondary N) is 1. The highest BCUT2D eigenvalue weighted by Gasteiger charge is 2.34. The summed E-state index contributed by atoms with van der Waals surface area (Å²) in [5, 5.41) is 6.91. The Morgan fingerprint density at radius 2 is 1.77 bits per heavy atom. The first-order valence-corrected chi connectivity index (χ1v) is 14.5. The van der Waals surface area contributed by atoms with Crippen LogP contribution in [0.5, 0.6) is 0 Å². The van der Waals surface area contributed by atoms with Crippen molar-refractivity contribution >= 4 is 33.6 Å². The molecule has 1 saturated carbocycles. The van der Waals surface area contributed by atoms with Crippen molar-refractivity contribution in [2.45, 2.75) is 45.2 Å². The lowest BCUT2D eigenvalue weighted by atomic mass is 9.79. The van der Waals surface area contributed by atoms with Gasteiger partial charge in [0.05, 0.1) is 11.2 Å². The number of nitrogens with zero attached hydrogens (tertiary/aromatic N) is 4. The number of anilines is 1. The Labute approximate surface area is 232 Å². The molecule has 196 valence electrons. The van der Waals surface area contributed by atoms with Crippen molar-refractivity contribution < 1.29 is 0 Å². The summed E-state index contributed by atoms with van der Waals surface area (Å²) in [6.45, 7) is 4.93. The van der Waals surface area contributed by atoms with Crippen LogP contribution in [-0.2, 0) is 6.54 Å². The third kappa shape index (κ3) is 4.91. The summed E-state index contributed by atoms with van der Waals surface area (Å²) in [7, 11) is 0. The van der Waals surface area contributed by atoms with Crippen molar-refractivity contribution in [2.75, 3.05) is 5.73 Å². The topological polar surface area (TPSA) is 81.1 Å². The Morgan fingerprint density at radius 3 is 2.56 bits per heavy atom. The van der Waals surface area contributed by atoms with Crippen LogP contribution >= 0.6 is 11.3 Å². The van der Waals surface area contributed by atoms with Gasteiger partial charge in [-0.3, -0.25) is 4.40 Å². The first-order valence-electron chi connectivity index (χ1n) is 13.6. The van der Waals surface area contributed by atoms with Gasteiger partial charge in [-0.25, -0.2) is 15.0 Å². The Morgan fingerprint density at radius 1 is 0.949 bits per heavy atom. The summed E-state index contributed by atoms with van der Waals surface area (Å²) < 4.78 is 2.13. The second-order valence-corrected chi connectivity index (χ2v) is 10.7. The molecule has 0 radical (unpaired) electrons. The molecule has 1 fully saturated rings. The Balaban J connectivity index is 0.00000135. The van der Waals surface area contributed by atoms with E-state index in [0.717, 1.165) is 64.1 Å². The number of thiophene rings is 1. The van der Waals surface area contributed by atoms with E-state index in [4.69, 9.17) is 15.7 Å². The molecule has 6 nitrogen and oxygen atoms in total. The molecule has 4 aromatic heterocycles. The maximum Gasteiger partial charge on any atom is 0.150 e. The van der Waals surface area contributed by atoms with Crippen molar-refractivity contribution in [3.8, 4) is 22.5 Å². The van der Waals surface area contributed by atoms with Crippen molar-refractivity contribution in [2.24, 2.45) is 0 Å². The molecule has 0 spiro atoms. The van der Waals surface area contributed by atoms with Crippen LogP contribution in [0.2, 0.25) is 0 Å². The fourth-order valence-electron chi connectivity index (χ4n) is 5.26. The van der Waals surface area contributed by atoms with E-state index in [1.807, 2.05) is 38.2 Å². The predicted molar refractivity (Wildman–Crippen MR) is 162 cm³/mol. The van der Waals surface area contributed by atoms with E-state index in [9.17, 15) is 0 Å². The molecule has 4 heterocycles. The molecule has 7 rings (SSSR count). The number of nitrogen functional groups attached to an aromatic ring is 1. The van der Waals surface area contributed by atoms with E-state index >= 15 is 0 Å². The number of hydrogen-bond acceptors (Lipinski definition) is 6. The lowest BCUT2D eigenvalue weighted by molar-refractivity contribution is 0.280. The third-order valence-corrected chi connectivity index (χ3v) is 8.17. The number of aromatic nitrogens is 4. The average molecular weight is 533 g/mol. The molecule has 0 bridgehead atoms. The van der Waals surface area contributed by atoms with Crippen LogP contribution in [0.1, 0.15) is 43.3 Å². The van der Waals surface area contributed by atoms with Crippen LogP contribution in [0.25, 0.3) is 38.9 Å². The summed E-state index contributed by atoms with van der Waals surface area (Å²) >= 11 is 1.80. The van der Waals surface area contributed by atoms with Gasteiger partial charge in [-0.2, -0.15) is 0 Å². The highest BCUT2D eigenvalue weighted by Crippen LogP contribution is 2.40. The third-order valence-electron chi connectivity index (χ3n) is 7.29. The molecule has 2 aromatic carbocycles. The van der Waals surface area contributed by atoms with Crippen molar-refractivity contribution in [1.82, 2.24) is 24.7 Å². The molecule has 0 unspecified atom stereocenters. The largest absolute Gasteiger partial charge is 0.382 e. The van der Waals surface area contributed by atoms with Crippen LogP contribution in [0.4, 0.5) is 5.82 Å². The van der Waals surface area contributed by atoms with E-state index in [1.165, 1.54) is 4.88 Å². The van der Waals surface area contributed by atoms with Gasteiger partial charge in [-0.15, -0.1) is 11.3 Å². The van der Waals surface area contributed by atoms with Gasteiger partial charge in [0.1, 0.15) is 22.9 Å². The lowest BCUT2D eigenvalue weighted by Crippen LogP contribution is -2.40. The quantitative estimate of drug-likeness (QED) is 0.235. The monoisotopic (exact) mass is 532 g/mol. The van der Waals surface area contributed by atoms with Crippen molar-refractivity contribution in [3.63, 3.8) is 0 Å². The minimum absolute atomic E-state index is 0.382. The molecule has 6 aromatic rings. The Kier molecular flexibility index (Phi) is 7.09. The Bertz CT molecular complexity index is 1700. The fourth-order valence-corrected chi connectivity index (χ4v) is 5.92. The Hall–Kier alpha value is -4.07. The predicted octanol–water partition coefficient (Wildman–Crippen LogP) is 7.32. The average Bonchev–Trinajstić information content (AvgIpc) is 3.62. The minimum Gasteiger partial charge on any atom is -0.382 e. The highest BCUT2D eigenvalue weighted by molar-refractivity contribution is 7.09. The number of imidazole rings is 1. The molecular formula is C32H32N6S. The van der Waals surface area contributed by atoms with Crippen molar-refractivity contribution in [1.29, 1.82) is 0 Å². The van der Waals surface area contributed by atoms with Gasteiger partial charge in [-0.1, -0.05) is 68.4 Å². The first-order chi connectivity index (χ1) is 19.2. The van der Waals surface area contributed by atoms with Crippen LogP contribution in [0, 0.1) is 0 Å². The van der Waals surface area contributed by atoms with Gasteiger partial charge in [0.2, 0.25) is 0 Å². The standard InChI is InChI=1S/C30H26N6S.C2H6/c31-29-28-27(21-9-8-20-10-11-25(34-26(20)17-21)19-5-2-1-3-6-19)35-30(36(28)13-12-32-29)22-15-23(16-22)33-18-24-7-4-14-37-24;1-2/h1-14,17,22-23,33H,15-16,18H2,(H2,31,32);1-2H3. The second-order valence-electron chi connectivity index (χ2n) is 9.65. The van der Waals surface area contributed by atoms with E-state index in [0.29, 0.717) is 17.8 Å². The molecule has 0 aliphatic heterocycles. The molecule has 0 atom stereocenters. The minimum atomic E-state index is 0.382. The maximum atomic E-state index is 6.41. The molecular weight excluding hydrogens is 500 g/mol.